The lowest BCUT2D eigenvalue weighted by Gasteiger charge is -2.38. The zero-order valence-corrected chi connectivity index (χ0v) is 29.9. The molecule has 7 aromatic rings. The van der Waals surface area contributed by atoms with Gasteiger partial charge in [0.1, 0.15) is 0 Å². The highest BCUT2D eigenvalue weighted by Gasteiger charge is 2.46. The van der Waals surface area contributed by atoms with Gasteiger partial charge in [-0.25, -0.2) is 0 Å². The monoisotopic (exact) mass is 672 g/mol. The van der Waals surface area contributed by atoms with Gasteiger partial charge in [0, 0.05) is 6.61 Å². The topological polar surface area (TPSA) is 9.23 Å². The molecule has 0 aliphatic carbocycles. The standard InChI is InChI=1S/C44H38OP2Si/c1-2-45-48(40-30-16-7-17-31-40,43-34-20-18-32-41(43)46(36-22-8-3-9-23-36)37-24-10-4-11-25-37)44-35-21-19-33-42(44)47(38-26-12-5-13-27-38)39-28-14-6-15-29-39/h3-35H,2H2,1H3. The predicted octanol–water partition coefficient (Wildman–Crippen LogP) is 6.21. The van der Waals surface area contributed by atoms with Crippen LogP contribution in [-0.2, 0) is 4.43 Å². The summed E-state index contributed by atoms with van der Waals surface area (Å²) in [5, 5.41) is 12.0. The number of rotatable bonds is 11. The van der Waals surface area contributed by atoms with Gasteiger partial charge in [0.15, 0.2) is 0 Å². The Bertz CT molecular complexity index is 1830. The predicted molar refractivity (Wildman–Crippen MR) is 213 cm³/mol. The summed E-state index contributed by atoms with van der Waals surface area (Å²) in [4.78, 5) is 0. The third kappa shape index (κ3) is 6.38. The van der Waals surface area contributed by atoms with Crippen LogP contribution in [0.1, 0.15) is 6.92 Å². The van der Waals surface area contributed by atoms with Gasteiger partial charge in [-0.15, -0.1) is 0 Å². The van der Waals surface area contributed by atoms with Crippen LogP contribution in [0.5, 0.6) is 0 Å². The Morgan fingerprint density at radius 3 is 1.00 bits per heavy atom. The Balaban J connectivity index is 1.57. The molecular formula is C44H38OP2Si. The Kier molecular flexibility index (Phi) is 10.2. The first kappa shape index (κ1) is 32.1. The molecule has 0 N–H and O–H groups in total. The number of hydrogen-bond acceptors (Lipinski definition) is 1. The minimum Gasteiger partial charge on any atom is -0.405 e. The molecule has 0 amide bonds. The summed E-state index contributed by atoms with van der Waals surface area (Å²) in [6.07, 6.45) is 0. The maximum atomic E-state index is 7.47. The molecule has 7 aromatic carbocycles. The first-order valence-corrected chi connectivity index (χ1v) is 21.1. The fourth-order valence-corrected chi connectivity index (χ4v) is 17.0. The molecule has 0 bridgehead atoms. The van der Waals surface area contributed by atoms with E-state index in [0.29, 0.717) is 6.61 Å². The molecule has 0 saturated carbocycles. The first-order chi connectivity index (χ1) is 23.8. The number of benzene rings is 7. The minimum atomic E-state index is -3.14. The Labute approximate surface area is 288 Å². The van der Waals surface area contributed by atoms with Crippen LogP contribution in [0.3, 0.4) is 0 Å². The van der Waals surface area contributed by atoms with E-state index in [2.05, 4.69) is 207 Å². The van der Waals surface area contributed by atoms with Crippen LogP contribution in [0.15, 0.2) is 200 Å². The minimum absolute atomic E-state index is 0.604. The van der Waals surface area contributed by atoms with Crippen molar-refractivity contribution in [1.82, 2.24) is 0 Å². The van der Waals surface area contributed by atoms with Crippen molar-refractivity contribution in [2.24, 2.45) is 0 Å². The van der Waals surface area contributed by atoms with Crippen molar-refractivity contribution in [2.75, 3.05) is 6.61 Å². The van der Waals surface area contributed by atoms with E-state index in [1.807, 2.05) is 0 Å². The fraction of sp³-hybridized carbons (Fsp3) is 0.0455. The third-order valence-corrected chi connectivity index (χ3v) is 18.3. The van der Waals surface area contributed by atoms with Crippen LogP contribution < -0.4 is 47.4 Å². The summed E-state index contributed by atoms with van der Waals surface area (Å²) in [5.74, 6) is 0. The molecular weight excluding hydrogens is 635 g/mol. The van der Waals surface area contributed by atoms with Crippen LogP contribution in [0.4, 0.5) is 0 Å². The van der Waals surface area contributed by atoms with Crippen molar-refractivity contribution in [2.45, 2.75) is 6.92 Å². The van der Waals surface area contributed by atoms with E-state index in [9.17, 15) is 0 Å². The van der Waals surface area contributed by atoms with Gasteiger partial charge in [0.2, 0.25) is 0 Å². The molecule has 0 fully saturated rings. The normalized spacial score (nSPS) is 11.6. The van der Waals surface area contributed by atoms with Gasteiger partial charge < -0.3 is 4.43 Å². The summed E-state index contributed by atoms with van der Waals surface area (Å²) in [7, 11) is -4.89. The molecule has 0 unspecified atom stereocenters. The van der Waals surface area contributed by atoms with Gasteiger partial charge in [0.05, 0.1) is 0 Å². The molecule has 0 spiro atoms. The van der Waals surface area contributed by atoms with Crippen molar-refractivity contribution in [3.63, 3.8) is 0 Å². The Morgan fingerprint density at radius 1 is 0.375 bits per heavy atom. The van der Waals surface area contributed by atoms with Crippen LogP contribution >= 0.6 is 15.8 Å². The molecule has 48 heavy (non-hydrogen) atoms. The van der Waals surface area contributed by atoms with E-state index in [1.165, 1.54) is 47.4 Å². The maximum Gasteiger partial charge on any atom is 0.289 e. The van der Waals surface area contributed by atoms with Crippen LogP contribution in [0.25, 0.3) is 0 Å². The molecule has 234 valence electrons. The zero-order chi connectivity index (χ0) is 32.6. The summed E-state index contributed by atoms with van der Waals surface area (Å²) in [6, 6.07) is 73.5. The average Bonchev–Trinajstić information content (AvgIpc) is 3.17. The highest BCUT2D eigenvalue weighted by atomic mass is 31.1. The van der Waals surface area contributed by atoms with E-state index in [4.69, 9.17) is 4.43 Å². The molecule has 0 heterocycles. The van der Waals surface area contributed by atoms with Crippen LogP contribution in [-0.4, -0.2) is 14.9 Å². The van der Waals surface area contributed by atoms with Gasteiger partial charge >= 0.3 is 0 Å². The lowest BCUT2D eigenvalue weighted by molar-refractivity contribution is 0.347. The average molecular weight is 673 g/mol. The Hall–Kier alpha value is -4.42. The molecule has 0 aliphatic rings. The van der Waals surface area contributed by atoms with E-state index in [-0.39, 0.29) is 0 Å². The van der Waals surface area contributed by atoms with Gasteiger partial charge in [-0.3, -0.25) is 0 Å². The van der Waals surface area contributed by atoms with Crippen molar-refractivity contribution < 1.29 is 4.43 Å². The Morgan fingerprint density at radius 2 is 0.667 bits per heavy atom. The van der Waals surface area contributed by atoms with E-state index >= 15 is 0 Å². The largest absolute Gasteiger partial charge is 0.405 e. The maximum absolute atomic E-state index is 7.47. The molecule has 0 radical (unpaired) electrons. The second kappa shape index (κ2) is 15.2. The molecule has 7 rings (SSSR count). The highest BCUT2D eigenvalue weighted by molar-refractivity contribution is 7.81. The van der Waals surface area contributed by atoms with E-state index in [1.54, 1.807) is 0 Å². The van der Waals surface area contributed by atoms with Crippen LogP contribution in [0.2, 0.25) is 0 Å². The van der Waals surface area contributed by atoms with Gasteiger partial charge in [0.25, 0.3) is 8.32 Å². The van der Waals surface area contributed by atoms with Gasteiger partial charge in [-0.05, 0) is 70.2 Å². The smallest absolute Gasteiger partial charge is 0.289 e. The highest BCUT2D eigenvalue weighted by Crippen LogP contribution is 2.35. The van der Waals surface area contributed by atoms with Crippen molar-refractivity contribution in [3.8, 4) is 0 Å². The number of hydrogen-bond donors (Lipinski definition) is 0. The molecule has 4 heteroatoms. The fourth-order valence-electron chi connectivity index (χ4n) is 6.68. The molecule has 0 aromatic heterocycles. The van der Waals surface area contributed by atoms with Gasteiger partial charge in [-0.2, -0.15) is 0 Å². The SMILES string of the molecule is CCO[Si](c1ccccc1)(c1ccccc1P(c1ccccc1)c1ccccc1)c1ccccc1P(c1ccccc1)c1ccccc1. The third-order valence-electron chi connectivity index (χ3n) is 8.65. The van der Waals surface area contributed by atoms with Gasteiger partial charge in [-0.1, -0.05) is 200 Å². The van der Waals surface area contributed by atoms with Crippen molar-refractivity contribution >= 4 is 71.5 Å². The summed E-state index contributed by atoms with van der Waals surface area (Å²) in [6.45, 7) is 2.76. The van der Waals surface area contributed by atoms with E-state index in [0.717, 1.165) is 0 Å². The molecule has 1 nitrogen and oxygen atoms in total. The quantitative estimate of drug-likeness (QED) is 0.0904. The second-order valence-electron chi connectivity index (χ2n) is 11.5. The zero-order valence-electron chi connectivity index (χ0n) is 27.1. The summed E-state index contributed by atoms with van der Waals surface area (Å²) in [5.41, 5.74) is 0. The summed E-state index contributed by atoms with van der Waals surface area (Å²) >= 11 is 0. The van der Waals surface area contributed by atoms with Crippen molar-refractivity contribution in [1.29, 1.82) is 0 Å². The first-order valence-electron chi connectivity index (χ1n) is 16.5. The lowest BCUT2D eigenvalue weighted by atomic mass is 10.3. The lowest BCUT2D eigenvalue weighted by Crippen LogP contribution is -2.74. The molecule has 0 aliphatic heterocycles. The molecule has 0 atom stereocenters. The molecule has 0 saturated heterocycles. The second-order valence-corrected chi connectivity index (χ2v) is 19.2. The van der Waals surface area contributed by atoms with Crippen LogP contribution in [0, 0.1) is 0 Å². The van der Waals surface area contributed by atoms with Crippen molar-refractivity contribution in [3.05, 3.63) is 200 Å². The summed E-state index contributed by atoms with van der Waals surface area (Å²) < 4.78 is 7.47. The van der Waals surface area contributed by atoms with E-state index < -0.39 is 24.2 Å².